The number of methoxy groups -OCH3 is 2. The van der Waals surface area contributed by atoms with Crippen molar-refractivity contribution in [3.05, 3.63) is 53.5 Å². The molecule has 0 N–H and O–H groups in total. The second kappa shape index (κ2) is 8.09. The van der Waals surface area contributed by atoms with Gasteiger partial charge in [0.2, 0.25) is 0 Å². The molecular formula is C21H21F3N4O3. The number of hydrogen-bond donors (Lipinski definition) is 0. The summed E-state index contributed by atoms with van der Waals surface area (Å²) in [5, 5.41) is 8.13. The number of pyridine rings is 1. The molecule has 0 bridgehead atoms. The summed E-state index contributed by atoms with van der Waals surface area (Å²) in [5.41, 5.74) is -0.0366. The van der Waals surface area contributed by atoms with Crippen LogP contribution in [0.2, 0.25) is 0 Å². The Morgan fingerprint density at radius 3 is 2.65 bits per heavy atom. The molecule has 1 saturated heterocycles. The van der Waals surface area contributed by atoms with Crippen molar-refractivity contribution >= 4 is 11.6 Å². The third-order valence-electron chi connectivity index (χ3n) is 5.47. The minimum absolute atomic E-state index is 0.214. The first kappa shape index (κ1) is 21.0. The molecule has 1 aromatic carbocycles. The number of amides is 1. The lowest BCUT2D eigenvalue weighted by Gasteiger charge is -2.32. The predicted molar refractivity (Wildman–Crippen MR) is 105 cm³/mol. The Labute approximate surface area is 176 Å². The van der Waals surface area contributed by atoms with Gasteiger partial charge in [-0.1, -0.05) is 0 Å². The maximum absolute atomic E-state index is 13.2. The van der Waals surface area contributed by atoms with E-state index in [0.29, 0.717) is 54.5 Å². The van der Waals surface area contributed by atoms with Gasteiger partial charge in [0.15, 0.2) is 5.65 Å². The van der Waals surface area contributed by atoms with Crippen molar-refractivity contribution < 1.29 is 27.4 Å². The van der Waals surface area contributed by atoms with Gasteiger partial charge in [-0.2, -0.15) is 13.2 Å². The van der Waals surface area contributed by atoms with Gasteiger partial charge in [-0.25, -0.2) is 0 Å². The molecule has 0 aliphatic carbocycles. The van der Waals surface area contributed by atoms with E-state index in [1.54, 1.807) is 23.1 Å². The first-order valence-electron chi connectivity index (χ1n) is 9.75. The van der Waals surface area contributed by atoms with Crippen LogP contribution in [0.1, 0.15) is 40.5 Å². The average molecular weight is 434 g/mol. The zero-order valence-electron chi connectivity index (χ0n) is 17.0. The van der Waals surface area contributed by atoms with E-state index in [-0.39, 0.29) is 11.8 Å². The van der Waals surface area contributed by atoms with Crippen LogP contribution in [-0.2, 0) is 6.18 Å². The van der Waals surface area contributed by atoms with E-state index < -0.39 is 11.7 Å². The Balaban J connectivity index is 1.61. The number of aromatic nitrogens is 3. The number of carbonyl (C=O) groups is 1. The first-order valence-corrected chi connectivity index (χ1v) is 9.75. The van der Waals surface area contributed by atoms with Crippen LogP contribution in [0.3, 0.4) is 0 Å². The van der Waals surface area contributed by atoms with Gasteiger partial charge >= 0.3 is 6.18 Å². The Bertz CT molecular complexity index is 1110. The Morgan fingerprint density at radius 1 is 1.13 bits per heavy atom. The molecular weight excluding hydrogens is 413 g/mol. The molecule has 1 aliphatic heterocycles. The van der Waals surface area contributed by atoms with E-state index in [1.165, 1.54) is 24.7 Å². The third kappa shape index (κ3) is 4.01. The van der Waals surface area contributed by atoms with Crippen molar-refractivity contribution in [1.29, 1.82) is 0 Å². The first-order chi connectivity index (χ1) is 14.8. The zero-order valence-corrected chi connectivity index (χ0v) is 17.0. The number of hydrogen-bond acceptors (Lipinski definition) is 5. The van der Waals surface area contributed by atoms with Crippen LogP contribution in [0.25, 0.3) is 5.65 Å². The molecule has 3 heterocycles. The maximum Gasteiger partial charge on any atom is 0.417 e. The van der Waals surface area contributed by atoms with Gasteiger partial charge in [0.05, 0.1) is 25.3 Å². The van der Waals surface area contributed by atoms with Gasteiger partial charge in [-0.3, -0.25) is 9.20 Å². The van der Waals surface area contributed by atoms with Crippen LogP contribution in [0.15, 0.2) is 36.5 Å². The number of rotatable bonds is 4. The number of piperidine rings is 1. The van der Waals surface area contributed by atoms with Gasteiger partial charge in [-0.15, -0.1) is 10.2 Å². The lowest BCUT2D eigenvalue weighted by molar-refractivity contribution is -0.137. The molecule has 1 amide bonds. The van der Waals surface area contributed by atoms with E-state index in [1.807, 2.05) is 0 Å². The average Bonchev–Trinajstić information content (AvgIpc) is 3.21. The molecule has 10 heteroatoms. The fourth-order valence-electron chi connectivity index (χ4n) is 3.87. The van der Waals surface area contributed by atoms with E-state index in [4.69, 9.17) is 9.47 Å². The van der Waals surface area contributed by atoms with Crippen molar-refractivity contribution in [2.75, 3.05) is 27.3 Å². The number of alkyl halides is 3. The van der Waals surface area contributed by atoms with Crippen molar-refractivity contribution in [3.63, 3.8) is 0 Å². The van der Waals surface area contributed by atoms with Crippen LogP contribution >= 0.6 is 0 Å². The van der Waals surface area contributed by atoms with Crippen LogP contribution in [0, 0.1) is 0 Å². The zero-order chi connectivity index (χ0) is 22.2. The smallest absolute Gasteiger partial charge is 0.417 e. The topological polar surface area (TPSA) is 69.0 Å². The highest BCUT2D eigenvalue weighted by Crippen LogP contribution is 2.32. The maximum atomic E-state index is 13.2. The Hall–Kier alpha value is -3.30. The van der Waals surface area contributed by atoms with E-state index in [0.717, 1.165) is 12.3 Å². The fourth-order valence-corrected chi connectivity index (χ4v) is 3.87. The molecule has 4 rings (SSSR count). The summed E-state index contributed by atoms with van der Waals surface area (Å²) in [6.07, 6.45) is -2.06. The molecule has 7 nitrogen and oxygen atoms in total. The van der Waals surface area contributed by atoms with E-state index >= 15 is 0 Å². The minimum atomic E-state index is -4.46. The second-order valence-corrected chi connectivity index (χ2v) is 7.36. The molecule has 31 heavy (non-hydrogen) atoms. The largest absolute Gasteiger partial charge is 0.497 e. The summed E-state index contributed by atoms with van der Waals surface area (Å²) in [6.45, 7) is 0.861. The quantitative estimate of drug-likeness (QED) is 0.625. The van der Waals surface area contributed by atoms with Gasteiger partial charge < -0.3 is 14.4 Å². The van der Waals surface area contributed by atoms with E-state index in [2.05, 4.69) is 10.2 Å². The lowest BCUT2D eigenvalue weighted by atomic mass is 9.96. The van der Waals surface area contributed by atoms with Crippen LogP contribution in [0.5, 0.6) is 11.5 Å². The molecule has 0 saturated carbocycles. The van der Waals surface area contributed by atoms with Crippen LogP contribution in [0.4, 0.5) is 13.2 Å². The SMILES string of the molecule is COc1ccc(C(=O)N2CCCC(c3nnc4ccc(C(F)(F)F)cn34)C2)c(OC)c1. The summed E-state index contributed by atoms with van der Waals surface area (Å²) >= 11 is 0. The normalized spacial score (nSPS) is 17.1. The molecule has 1 fully saturated rings. The van der Waals surface area contributed by atoms with E-state index in [9.17, 15) is 18.0 Å². The van der Waals surface area contributed by atoms with Crippen LogP contribution < -0.4 is 9.47 Å². The number of carbonyl (C=O) groups excluding carboxylic acids is 1. The number of nitrogens with zero attached hydrogens (tertiary/aromatic N) is 4. The third-order valence-corrected chi connectivity index (χ3v) is 5.47. The highest BCUT2D eigenvalue weighted by atomic mass is 19.4. The monoisotopic (exact) mass is 434 g/mol. The fraction of sp³-hybridized carbons (Fsp3) is 0.381. The molecule has 0 radical (unpaired) electrons. The van der Waals surface area contributed by atoms with Gasteiger partial charge in [0, 0.05) is 31.3 Å². The summed E-state index contributed by atoms with van der Waals surface area (Å²) in [6, 6.07) is 7.25. The number of benzene rings is 1. The highest BCUT2D eigenvalue weighted by Gasteiger charge is 2.33. The Morgan fingerprint density at radius 2 is 1.94 bits per heavy atom. The van der Waals surface area contributed by atoms with Gasteiger partial charge in [-0.05, 0) is 37.1 Å². The summed E-state index contributed by atoms with van der Waals surface area (Å²) in [7, 11) is 3.00. The highest BCUT2D eigenvalue weighted by molar-refractivity contribution is 5.97. The minimum Gasteiger partial charge on any atom is -0.497 e. The van der Waals surface area contributed by atoms with Crippen LogP contribution in [-0.4, -0.2) is 52.7 Å². The molecule has 0 spiro atoms. The van der Waals surface area contributed by atoms with Crippen molar-refractivity contribution in [2.24, 2.45) is 0 Å². The van der Waals surface area contributed by atoms with Gasteiger partial charge in [0.25, 0.3) is 5.91 Å². The number of fused-ring (bicyclic) bond motifs is 1. The lowest BCUT2D eigenvalue weighted by Crippen LogP contribution is -2.39. The molecule has 1 aliphatic rings. The second-order valence-electron chi connectivity index (χ2n) is 7.36. The predicted octanol–water partition coefficient (Wildman–Crippen LogP) is 3.79. The van der Waals surface area contributed by atoms with Gasteiger partial charge in [0.1, 0.15) is 17.3 Å². The number of likely N-dealkylation sites (tertiary alicyclic amines) is 1. The summed E-state index contributed by atoms with van der Waals surface area (Å²) < 4.78 is 51.3. The number of halogens is 3. The summed E-state index contributed by atoms with van der Waals surface area (Å²) in [5.74, 6) is 0.935. The molecule has 3 aromatic rings. The van der Waals surface area contributed by atoms with Crippen molar-refractivity contribution in [2.45, 2.75) is 24.9 Å². The molecule has 1 unspecified atom stereocenters. The molecule has 1 atom stereocenters. The van der Waals surface area contributed by atoms with Crippen molar-refractivity contribution in [1.82, 2.24) is 19.5 Å². The number of ether oxygens (including phenoxy) is 2. The van der Waals surface area contributed by atoms with Crippen molar-refractivity contribution in [3.8, 4) is 11.5 Å². The molecule has 2 aromatic heterocycles. The standard InChI is InChI=1S/C21H21F3N4O3/c1-30-15-6-7-16(17(10-15)31-2)20(29)27-9-3-4-13(11-27)19-26-25-18-8-5-14(12-28(18)19)21(22,23)24/h5-8,10,12-13H,3-4,9,11H2,1-2H3. The summed E-state index contributed by atoms with van der Waals surface area (Å²) in [4.78, 5) is 14.8. The Kier molecular flexibility index (Phi) is 5.47. The molecule has 164 valence electrons.